The second-order valence-electron chi connectivity index (χ2n) is 5.10. The van der Waals surface area contributed by atoms with Gasteiger partial charge in [0.1, 0.15) is 9.71 Å². The highest BCUT2D eigenvalue weighted by Crippen LogP contribution is 2.34. The Labute approximate surface area is 150 Å². The number of imide groups is 1. The van der Waals surface area contributed by atoms with Crippen LogP contribution in [-0.4, -0.2) is 43.5 Å². The van der Waals surface area contributed by atoms with E-state index in [4.69, 9.17) is 9.15 Å². The van der Waals surface area contributed by atoms with E-state index < -0.39 is 24.4 Å². The van der Waals surface area contributed by atoms with E-state index in [0.717, 1.165) is 14.7 Å². The number of aromatic nitrogens is 1. The third-order valence-electron chi connectivity index (χ3n) is 2.99. The lowest BCUT2D eigenvalue weighted by Gasteiger charge is -2.05. The van der Waals surface area contributed by atoms with Crippen molar-refractivity contribution in [2.45, 2.75) is 0 Å². The molecule has 0 radical (unpaired) electrons. The smallest absolute Gasteiger partial charge is 0.348 e. The van der Waals surface area contributed by atoms with Gasteiger partial charge >= 0.3 is 5.97 Å². The Hall–Kier alpha value is -2.72. The Morgan fingerprint density at radius 2 is 2.12 bits per heavy atom. The molecule has 10 heteroatoms. The normalized spacial score (nSPS) is 10.6. The van der Waals surface area contributed by atoms with Gasteiger partial charge in [-0.05, 0) is 18.2 Å². The molecule has 0 atom stereocenters. The van der Waals surface area contributed by atoms with Gasteiger partial charge in [0.05, 0.1) is 11.0 Å². The van der Waals surface area contributed by atoms with Crippen molar-refractivity contribution in [2.24, 2.45) is 0 Å². The molecule has 0 saturated carbocycles. The third kappa shape index (κ3) is 3.86. The first kappa shape index (κ1) is 17.1. The van der Waals surface area contributed by atoms with E-state index in [1.807, 2.05) is 19.0 Å². The third-order valence-corrected chi connectivity index (χ3v) is 5.30. The van der Waals surface area contributed by atoms with Crippen LogP contribution in [0.2, 0.25) is 0 Å². The SMILES string of the molecule is CN(C)c1nc2sc(C(=O)OCC(=O)NC(=O)c3ccco3)cc2s1. The van der Waals surface area contributed by atoms with E-state index in [0.29, 0.717) is 4.88 Å². The zero-order chi connectivity index (χ0) is 18.0. The van der Waals surface area contributed by atoms with Gasteiger partial charge in [0, 0.05) is 14.1 Å². The zero-order valence-corrected chi connectivity index (χ0v) is 14.9. The van der Waals surface area contributed by atoms with E-state index in [2.05, 4.69) is 10.3 Å². The first-order chi connectivity index (χ1) is 11.9. The highest BCUT2D eigenvalue weighted by atomic mass is 32.1. The average molecular weight is 379 g/mol. The molecule has 0 aliphatic heterocycles. The summed E-state index contributed by atoms with van der Waals surface area (Å²) in [6.07, 6.45) is 1.32. The molecule has 3 heterocycles. The number of hydrogen-bond donors (Lipinski definition) is 1. The molecule has 25 heavy (non-hydrogen) atoms. The van der Waals surface area contributed by atoms with E-state index in [9.17, 15) is 14.4 Å². The van der Waals surface area contributed by atoms with Crippen molar-refractivity contribution < 1.29 is 23.5 Å². The van der Waals surface area contributed by atoms with Crippen molar-refractivity contribution >= 4 is 55.1 Å². The molecule has 2 amide bonds. The highest BCUT2D eigenvalue weighted by Gasteiger charge is 2.18. The number of ether oxygens (including phenoxy) is 1. The number of amides is 2. The molecule has 0 bridgehead atoms. The van der Waals surface area contributed by atoms with Crippen molar-refractivity contribution in [1.82, 2.24) is 10.3 Å². The molecule has 0 unspecified atom stereocenters. The second kappa shape index (κ2) is 7.03. The Morgan fingerprint density at radius 1 is 1.32 bits per heavy atom. The number of fused-ring (bicyclic) bond motifs is 1. The average Bonchev–Trinajstić information content (AvgIpc) is 3.26. The molecule has 3 aromatic rings. The summed E-state index contributed by atoms with van der Waals surface area (Å²) in [7, 11) is 3.78. The van der Waals surface area contributed by atoms with E-state index in [-0.39, 0.29) is 5.76 Å². The van der Waals surface area contributed by atoms with Crippen molar-refractivity contribution in [3.05, 3.63) is 35.1 Å². The van der Waals surface area contributed by atoms with Gasteiger partial charge in [-0.2, -0.15) is 0 Å². The summed E-state index contributed by atoms with van der Waals surface area (Å²) in [5, 5.41) is 2.91. The Bertz CT molecular complexity index is 895. The number of nitrogens with zero attached hydrogens (tertiary/aromatic N) is 2. The monoisotopic (exact) mass is 379 g/mol. The molecule has 0 fully saturated rings. The number of thiazole rings is 1. The molecule has 0 saturated heterocycles. The van der Waals surface area contributed by atoms with Gasteiger partial charge < -0.3 is 14.1 Å². The number of carbonyl (C=O) groups is 3. The zero-order valence-electron chi connectivity index (χ0n) is 13.3. The summed E-state index contributed by atoms with van der Waals surface area (Å²) >= 11 is 2.65. The van der Waals surface area contributed by atoms with Crippen LogP contribution in [0.3, 0.4) is 0 Å². The summed E-state index contributed by atoms with van der Waals surface area (Å²) in [6.45, 7) is -0.562. The number of rotatable bonds is 5. The lowest BCUT2D eigenvalue weighted by molar-refractivity contribution is -0.123. The van der Waals surface area contributed by atoms with Crippen LogP contribution in [0.15, 0.2) is 28.9 Å². The predicted octanol–water partition coefficient (Wildman–Crippen LogP) is 2.13. The number of furan rings is 1. The first-order valence-electron chi connectivity index (χ1n) is 7.06. The van der Waals surface area contributed by atoms with Gasteiger partial charge in [0.25, 0.3) is 11.8 Å². The molecular formula is C15H13N3O5S2. The molecular weight excluding hydrogens is 366 g/mol. The maximum Gasteiger partial charge on any atom is 0.348 e. The van der Waals surface area contributed by atoms with Crippen LogP contribution < -0.4 is 10.2 Å². The van der Waals surface area contributed by atoms with Gasteiger partial charge in [-0.25, -0.2) is 9.78 Å². The van der Waals surface area contributed by atoms with Crippen LogP contribution in [0, 0.1) is 0 Å². The minimum atomic E-state index is -0.735. The number of thiophene rings is 1. The van der Waals surface area contributed by atoms with Crippen molar-refractivity contribution in [3.63, 3.8) is 0 Å². The van der Waals surface area contributed by atoms with Crippen LogP contribution in [0.1, 0.15) is 20.2 Å². The number of esters is 1. The van der Waals surface area contributed by atoms with E-state index in [1.54, 1.807) is 6.07 Å². The van der Waals surface area contributed by atoms with Crippen LogP contribution in [0.4, 0.5) is 5.13 Å². The van der Waals surface area contributed by atoms with Crippen molar-refractivity contribution in [1.29, 1.82) is 0 Å². The van der Waals surface area contributed by atoms with Crippen LogP contribution >= 0.6 is 22.7 Å². The topological polar surface area (TPSA) is 102 Å². The molecule has 0 aliphatic rings. The summed E-state index contributed by atoms with van der Waals surface area (Å²) in [4.78, 5) is 42.7. The number of hydrogen-bond acceptors (Lipinski definition) is 9. The fraction of sp³-hybridized carbons (Fsp3) is 0.200. The van der Waals surface area contributed by atoms with E-state index in [1.165, 1.54) is 41.1 Å². The molecule has 130 valence electrons. The predicted molar refractivity (Wildman–Crippen MR) is 93.3 cm³/mol. The molecule has 1 N–H and O–H groups in total. The molecule has 3 aromatic heterocycles. The van der Waals surface area contributed by atoms with E-state index >= 15 is 0 Å². The molecule has 0 aliphatic carbocycles. The standard InChI is InChI=1S/C15H13N3O5S2/c1-18(2)15-17-13-9(25-15)6-10(24-13)14(21)23-7-11(19)16-12(20)8-4-3-5-22-8/h3-6H,7H2,1-2H3,(H,16,19,20). The largest absolute Gasteiger partial charge is 0.459 e. The summed E-state index contributed by atoms with van der Waals surface area (Å²) < 4.78 is 10.7. The number of anilines is 1. The van der Waals surface area contributed by atoms with Gasteiger partial charge in [0.15, 0.2) is 17.5 Å². The molecule has 0 aromatic carbocycles. The van der Waals surface area contributed by atoms with Gasteiger partial charge in [0.2, 0.25) is 0 Å². The Balaban J connectivity index is 1.56. The van der Waals surface area contributed by atoms with Gasteiger partial charge in [-0.1, -0.05) is 11.3 Å². The lowest BCUT2D eigenvalue weighted by Crippen LogP contribution is -2.33. The number of nitrogens with one attached hydrogen (secondary N) is 1. The fourth-order valence-corrected chi connectivity index (χ4v) is 3.88. The highest BCUT2D eigenvalue weighted by molar-refractivity contribution is 7.29. The van der Waals surface area contributed by atoms with Crippen molar-refractivity contribution in [3.8, 4) is 0 Å². The van der Waals surface area contributed by atoms with Crippen molar-refractivity contribution in [2.75, 3.05) is 25.6 Å². The summed E-state index contributed by atoms with van der Waals surface area (Å²) in [6, 6.07) is 4.62. The Kier molecular flexibility index (Phi) is 4.81. The van der Waals surface area contributed by atoms with Crippen LogP contribution in [0.5, 0.6) is 0 Å². The van der Waals surface area contributed by atoms with Gasteiger partial charge in [-0.3, -0.25) is 14.9 Å². The quantitative estimate of drug-likeness (QED) is 0.678. The summed E-state index contributed by atoms with van der Waals surface area (Å²) in [5.41, 5.74) is 0. The maximum absolute atomic E-state index is 12.0. The van der Waals surface area contributed by atoms with Crippen LogP contribution in [-0.2, 0) is 9.53 Å². The minimum absolute atomic E-state index is 0.000872. The molecule has 0 spiro atoms. The fourth-order valence-electron chi connectivity index (χ4n) is 1.85. The second-order valence-corrected chi connectivity index (χ2v) is 7.14. The Morgan fingerprint density at radius 3 is 2.76 bits per heavy atom. The maximum atomic E-state index is 12.0. The van der Waals surface area contributed by atoms with Crippen LogP contribution in [0.25, 0.3) is 9.53 Å². The lowest BCUT2D eigenvalue weighted by atomic mass is 10.4. The van der Waals surface area contributed by atoms with Gasteiger partial charge in [-0.15, -0.1) is 11.3 Å². The molecule has 8 nitrogen and oxygen atoms in total. The number of carbonyl (C=O) groups excluding carboxylic acids is 3. The first-order valence-corrected chi connectivity index (χ1v) is 8.70. The summed E-state index contributed by atoms with van der Waals surface area (Å²) in [5.74, 6) is -2.06. The minimum Gasteiger partial charge on any atom is -0.459 e. The molecule has 3 rings (SSSR count).